The number of nitrogens with one attached hydrogen (secondary N) is 1. The molecule has 6 nitrogen and oxygen atoms in total. The van der Waals surface area contributed by atoms with Crippen molar-refractivity contribution in [2.45, 2.75) is 6.42 Å². The van der Waals surface area contributed by atoms with Crippen LogP contribution < -0.4 is 14.8 Å². The zero-order valence-electron chi connectivity index (χ0n) is 14.5. The first-order valence-corrected chi connectivity index (χ1v) is 8.93. The number of anilines is 1. The fourth-order valence-electron chi connectivity index (χ4n) is 2.73. The summed E-state index contributed by atoms with van der Waals surface area (Å²) in [6.07, 6.45) is 0.443. The van der Waals surface area contributed by atoms with Gasteiger partial charge in [0.05, 0.1) is 18.7 Å². The number of esters is 1. The van der Waals surface area contributed by atoms with E-state index in [9.17, 15) is 9.59 Å². The predicted octanol–water partition coefficient (Wildman–Crippen LogP) is 3.74. The van der Waals surface area contributed by atoms with E-state index in [1.165, 1.54) is 7.11 Å². The Morgan fingerprint density at radius 1 is 1.19 bits per heavy atom. The molecule has 2 aromatic rings. The Hall–Kier alpha value is -2.44. The van der Waals surface area contributed by atoms with Crippen molar-refractivity contribution in [3.8, 4) is 11.5 Å². The summed E-state index contributed by atoms with van der Waals surface area (Å²) in [6, 6.07) is 10.1. The zero-order valence-corrected chi connectivity index (χ0v) is 16.0. The van der Waals surface area contributed by atoms with Crippen molar-refractivity contribution in [3.63, 3.8) is 0 Å². The third-order valence-electron chi connectivity index (χ3n) is 4.04. The molecule has 0 radical (unpaired) electrons. The molecule has 1 aliphatic rings. The Labute approximate surface area is 166 Å². The minimum Gasteiger partial charge on any atom is -0.495 e. The molecule has 0 aliphatic carbocycles. The van der Waals surface area contributed by atoms with Gasteiger partial charge in [-0.3, -0.25) is 9.59 Å². The Bertz CT molecular complexity index is 871. The van der Waals surface area contributed by atoms with Crippen LogP contribution in [0.15, 0.2) is 36.4 Å². The van der Waals surface area contributed by atoms with Crippen molar-refractivity contribution < 1.29 is 23.8 Å². The van der Waals surface area contributed by atoms with E-state index in [-0.39, 0.29) is 6.61 Å². The number of carbonyl (C=O) groups excluding carboxylic acids is 2. The summed E-state index contributed by atoms with van der Waals surface area (Å²) >= 11 is 11.9. The van der Waals surface area contributed by atoms with Gasteiger partial charge < -0.3 is 19.5 Å². The quantitative estimate of drug-likeness (QED) is 0.761. The van der Waals surface area contributed by atoms with E-state index < -0.39 is 24.4 Å². The molecule has 0 saturated carbocycles. The Morgan fingerprint density at radius 2 is 1.93 bits per heavy atom. The van der Waals surface area contributed by atoms with Gasteiger partial charge in [0.2, 0.25) is 0 Å². The Kier molecular flexibility index (Phi) is 6.08. The molecule has 2 aromatic carbocycles. The fraction of sp³-hybridized carbons (Fsp3) is 0.263. The molecule has 1 heterocycles. The lowest BCUT2D eigenvalue weighted by atomic mass is 9.97. The maximum absolute atomic E-state index is 12.3. The molecule has 142 valence electrons. The number of hydrogen-bond acceptors (Lipinski definition) is 5. The molecule has 0 fully saturated rings. The van der Waals surface area contributed by atoms with Crippen LogP contribution in [-0.4, -0.2) is 32.2 Å². The van der Waals surface area contributed by atoms with Gasteiger partial charge in [-0.15, -0.1) is 0 Å². The maximum Gasteiger partial charge on any atom is 0.313 e. The van der Waals surface area contributed by atoms with Crippen LogP contribution in [0.5, 0.6) is 11.5 Å². The van der Waals surface area contributed by atoms with E-state index in [4.69, 9.17) is 37.4 Å². The number of amides is 1. The minimum atomic E-state index is -0.506. The Balaban J connectivity index is 1.55. The van der Waals surface area contributed by atoms with Gasteiger partial charge in [0.1, 0.15) is 18.1 Å². The number of ether oxygens (including phenoxy) is 3. The zero-order chi connectivity index (χ0) is 19.4. The van der Waals surface area contributed by atoms with Crippen LogP contribution in [0, 0.1) is 5.92 Å². The van der Waals surface area contributed by atoms with Gasteiger partial charge in [0.25, 0.3) is 5.91 Å². The molecular formula is C19H17Cl2NO5. The average molecular weight is 410 g/mol. The van der Waals surface area contributed by atoms with E-state index in [0.29, 0.717) is 33.7 Å². The lowest BCUT2D eigenvalue weighted by molar-refractivity contribution is -0.152. The van der Waals surface area contributed by atoms with E-state index in [0.717, 1.165) is 5.56 Å². The summed E-state index contributed by atoms with van der Waals surface area (Å²) in [7, 11) is 1.48. The first-order valence-electron chi connectivity index (χ1n) is 8.17. The van der Waals surface area contributed by atoms with Crippen molar-refractivity contribution >= 4 is 40.8 Å². The summed E-state index contributed by atoms with van der Waals surface area (Å²) in [5.74, 6) is -0.343. The van der Waals surface area contributed by atoms with Gasteiger partial charge in [-0.2, -0.15) is 0 Å². The normalized spacial score (nSPS) is 15.3. The molecule has 0 saturated heterocycles. The number of rotatable bonds is 5. The third kappa shape index (κ3) is 4.84. The van der Waals surface area contributed by atoms with Crippen LogP contribution in [0.4, 0.5) is 5.69 Å². The van der Waals surface area contributed by atoms with Crippen LogP contribution in [0.3, 0.4) is 0 Å². The second kappa shape index (κ2) is 8.50. The van der Waals surface area contributed by atoms with Crippen LogP contribution in [0.2, 0.25) is 10.0 Å². The first-order chi connectivity index (χ1) is 13.0. The number of methoxy groups -OCH3 is 1. The van der Waals surface area contributed by atoms with Crippen molar-refractivity contribution in [1.82, 2.24) is 0 Å². The molecule has 0 unspecified atom stereocenters. The monoisotopic (exact) mass is 409 g/mol. The van der Waals surface area contributed by atoms with Crippen molar-refractivity contribution in [3.05, 3.63) is 52.0 Å². The second-order valence-electron chi connectivity index (χ2n) is 5.96. The van der Waals surface area contributed by atoms with Crippen LogP contribution >= 0.6 is 23.2 Å². The van der Waals surface area contributed by atoms with Crippen molar-refractivity contribution in [2.75, 3.05) is 25.6 Å². The molecule has 0 aromatic heterocycles. The number of fused-ring (bicyclic) bond motifs is 1. The molecule has 27 heavy (non-hydrogen) atoms. The van der Waals surface area contributed by atoms with E-state index in [1.54, 1.807) is 36.4 Å². The summed E-state index contributed by atoms with van der Waals surface area (Å²) < 4.78 is 15.9. The lowest BCUT2D eigenvalue weighted by Gasteiger charge is -2.24. The fourth-order valence-corrected chi connectivity index (χ4v) is 3.10. The summed E-state index contributed by atoms with van der Waals surface area (Å²) in [5.41, 5.74) is 1.24. The molecule has 1 aliphatic heterocycles. The largest absolute Gasteiger partial charge is 0.495 e. The van der Waals surface area contributed by atoms with Gasteiger partial charge in [0, 0.05) is 10.0 Å². The van der Waals surface area contributed by atoms with E-state index >= 15 is 0 Å². The number of benzene rings is 2. The average Bonchev–Trinajstić information content (AvgIpc) is 2.65. The molecule has 0 spiro atoms. The maximum atomic E-state index is 12.3. The van der Waals surface area contributed by atoms with Gasteiger partial charge in [-0.05, 0) is 48.4 Å². The van der Waals surface area contributed by atoms with Crippen LogP contribution in [0.25, 0.3) is 0 Å². The highest BCUT2D eigenvalue weighted by Gasteiger charge is 2.28. The highest BCUT2D eigenvalue weighted by atomic mass is 35.5. The standard InChI is InChI=1S/C19H17Cl2NO5/c1-25-17-5-3-14(21)8-15(17)22-18(23)10-27-19(24)12-6-11-7-13(20)2-4-16(11)26-9-12/h2-5,7-8,12H,6,9-10H2,1H3,(H,22,23)/t12-/m1/s1. The topological polar surface area (TPSA) is 73.9 Å². The molecular weight excluding hydrogens is 393 g/mol. The van der Waals surface area contributed by atoms with Gasteiger partial charge in [-0.1, -0.05) is 23.2 Å². The smallest absolute Gasteiger partial charge is 0.313 e. The molecule has 8 heteroatoms. The number of hydrogen-bond donors (Lipinski definition) is 1. The summed E-state index contributed by atoms with van der Waals surface area (Å²) in [6.45, 7) is -0.232. The molecule has 3 rings (SSSR count). The minimum absolute atomic E-state index is 0.192. The highest BCUT2D eigenvalue weighted by molar-refractivity contribution is 6.31. The second-order valence-corrected chi connectivity index (χ2v) is 6.84. The molecule has 1 atom stereocenters. The first kappa shape index (κ1) is 19.3. The molecule has 0 bridgehead atoms. The van der Waals surface area contributed by atoms with Crippen molar-refractivity contribution in [1.29, 1.82) is 0 Å². The molecule has 1 amide bonds. The lowest BCUT2D eigenvalue weighted by Crippen LogP contribution is -2.32. The Morgan fingerprint density at radius 3 is 2.70 bits per heavy atom. The highest BCUT2D eigenvalue weighted by Crippen LogP contribution is 2.30. The number of halogens is 2. The van der Waals surface area contributed by atoms with Crippen LogP contribution in [-0.2, 0) is 20.7 Å². The number of carbonyl (C=O) groups is 2. The van der Waals surface area contributed by atoms with E-state index in [1.807, 2.05) is 0 Å². The van der Waals surface area contributed by atoms with Crippen LogP contribution in [0.1, 0.15) is 5.56 Å². The van der Waals surface area contributed by atoms with Gasteiger partial charge in [0.15, 0.2) is 6.61 Å². The van der Waals surface area contributed by atoms with Gasteiger partial charge >= 0.3 is 5.97 Å². The molecule has 1 N–H and O–H groups in total. The van der Waals surface area contributed by atoms with Gasteiger partial charge in [-0.25, -0.2) is 0 Å². The SMILES string of the molecule is COc1ccc(Cl)cc1NC(=O)COC(=O)[C@H]1COc2ccc(Cl)cc2C1. The summed E-state index contributed by atoms with van der Waals surface area (Å²) in [5, 5.41) is 3.62. The predicted molar refractivity (Wildman–Crippen MR) is 102 cm³/mol. The van der Waals surface area contributed by atoms with Crippen molar-refractivity contribution in [2.24, 2.45) is 5.92 Å². The summed E-state index contributed by atoms with van der Waals surface area (Å²) in [4.78, 5) is 24.4. The third-order valence-corrected chi connectivity index (χ3v) is 4.51. The van der Waals surface area contributed by atoms with E-state index in [2.05, 4.69) is 5.32 Å².